The Kier molecular flexibility index (Phi) is 4.79. The van der Waals surface area contributed by atoms with E-state index in [1.54, 1.807) is 48.3 Å². The van der Waals surface area contributed by atoms with Crippen LogP contribution in [0.4, 0.5) is 4.39 Å². The minimum atomic E-state index is -0.382. The van der Waals surface area contributed by atoms with Crippen molar-refractivity contribution < 1.29 is 13.9 Å². The molecule has 25 heavy (non-hydrogen) atoms. The Balaban J connectivity index is 1.81. The monoisotopic (exact) mass is 339 g/mol. The molecule has 3 aromatic rings. The first kappa shape index (κ1) is 16.7. The molecule has 0 bridgehead atoms. The van der Waals surface area contributed by atoms with Gasteiger partial charge in [0.2, 0.25) is 0 Å². The number of hydrogen-bond acceptors (Lipinski definition) is 3. The fourth-order valence-electron chi connectivity index (χ4n) is 2.47. The van der Waals surface area contributed by atoms with Crippen LogP contribution in [0.15, 0.2) is 54.7 Å². The number of halogens is 1. The van der Waals surface area contributed by atoms with Gasteiger partial charge in [-0.3, -0.25) is 9.48 Å². The maximum atomic E-state index is 14.0. The third-order valence-electron chi connectivity index (χ3n) is 3.89. The molecule has 0 unspecified atom stereocenters. The Morgan fingerprint density at radius 3 is 2.56 bits per heavy atom. The van der Waals surface area contributed by atoms with Gasteiger partial charge < -0.3 is 10.1 Å². The second kappa shape index (κ2) is 7.17. The molecule has 3 rings (SSSR count). The van der Waals surface area contributed by atoms with Gasteiger partial charge in [-0.25, -0.2) is 4.39 Å². The van der Waals surface area contributed by atoms with Gasteiger partial charge in [-0.2, -0.15) is 5.10 Å². The lowest BCUT2D eigenvalue weighted by Crippen LogP contribution is -2.17. The number of rotatable bonds is 5. The van der Waals surface area contributed by atoms with E-state index >= 15 is 0 Å². The zero-order valence-electron chi connectivity index (χ0n) is 14.0. The van der Waals surface area contributed by atoms with E-state index in [1.807, 2.05) is 13.1 Å². The summed E-state index contributed by atoms with van der Waals surface area (Å²) in [6.45, 7) is 0.301. The van der Waals surface area contributed by atoms with Gasteiger partial charge in [0.05, 0.1) is 5.69 Å². The van der Waals surface area contributed by atoms with E-state index in [0.29, 0.717) is 23.5 Å². The first-order chi connectivity index (χ1) is 12.1. The van der Waals surface area contributed by atoms with Crippen LogP contribution in [0.1, 0.15) is 16.1 Å². The Labute approximate surface area is 145 Å². The molecule has 0 saturated carbocycles. The molecule has 1 aromatic heterocycles. The van der Waals surface area contributed by atoms with Crippen molar-refractivity contribution in [3.05, 3.63) is 71.8 Å². The van der Waals surface area contributed by atoms with E-state index < -0.39 is 0 Å². The molecule has 0 spiro atoms. The third-order valence-corrected chi connectivity index (χ3v) is 3.89. The second-order valence-corrected chi connectivity index (χ2v) is 5.57. The van der Waals surface area contributed by atoms with E-state index in [-0.39, 0.29) is 11.7 Å². The van der Waals surface area contributed by atoms with Crippen LogP contribution in [0.25, 0.3) is 11.1 Å². The van der Waals surface area contributed by atoms with E-state index in [1.165, 1.54) is 12.1 Å². The third kappa shape index (κ3) is 3.85. The zero-order chi connectivity index (χ0) is 17.8. The summed E-state index contributed by atoms with van der Waals surface area (Å²) in [6, 6.07) is 13.4. The molecule has 6 heteroatoms. The molecule has 1 N–H and O–H groups in total. The fraction of sp³-hybridized carbons (Fsp3) is 0.158. The van der Waals surface area contributed by atoms with Gasteiger partial charge in [0.25, 0.3) is 5.91 Å². The van der Waals surface area contributed by atoms with Gasteiger partial charge in [0, 0.05) is 31.9 Å². The summed E-state index contributed by atoms with van der Waals surface area (Å²) < 4.78 is 21.4. The molecule has 5 nitrogen and oxygen atoms in total. The first-order valence-corrected chi connectivity index (χ1v) is 7.79. The average Bonchev–Trinajstić information content (AvgIpc) is 3.04. The highest BCUT2D eigenvalue weighted by atomic mass is 19.1. The standard InChI is InChI=1S/C19H18FN3O2/c1-21-19(24)14-5-3-13(4-6-14)15-9-16(20)11-18(10-15)25-12-17-7-8-22-23(17)2/h3-11H,12H2,1-2H3,(H,21,24). The lowest BCUT2D eigenvalue weighted by Gasteiger charge is -2.10. The number of aryl methyl sites for hydroxylation is 1. The van der Waals surface area contributed by atoms with Crippen LogP contribution in [0, 0.1) is 5.82 Å². The molecule has 0 aliphatic carbocycles. The van der Waals surface area contributed by atoms with Gasteiger partial charge >= 0.3 is 0 Å². The Bertz CT molecular complexity index is 888. The second-order valence-electron chi connectivity index (χ2n) is 5.57. The Hall–Kier alpha value is -3.15. The topological polar surface area (TPSA) is 56.1 Å². The highest BCUT2D eigenvalue weighted by Gasteiger charge is 2.08. The largest absolute Gasteiger partial charge is 0.487 e. The lowest BCUT2D eigenvalue weighted by molar-refractivity contribution is 0.0963. The number of nitrogens with one attached hydrogen (secondary N) is 1. The maximum Gasteiger partial charge on any atom is 0.251 e. The summed E-state index contributed by atoms with van der Waals surface area (Å²) in [7, 11) is 3.40. The lowest BCUT2D eigenvalue weighted by atomic mass is 10.0. The number of nitrogens with zero attached hydrogens (tertiary/aromatic N) is 2. The first-order valence-electron chi connectivity index (χ1n) is 7.79. The van der Waals surface area contributed by atoms with Gasteiger partial charge in [0.1, 0.15) is 18.2 Å². The molecular weight excluding hydrogens is 321 g/mol. The smallest absolute Gasteiger partial charge is 0.251 e. The van der Waals surface area contributed by atoms with Crippen LogP contribution in [-0.2, 0) is 13.7 Å². The van der Waals surface area contributed by atoms with Crippen molar-refractivity contribution in [2.75, 3.05) is 7.05 Å². The van der Waals surface area contributed by atoms with Crippen LogP contribution >= 0.6 is 0 Å². The number of aromatic nitrogens is 2. The quantitative estimate of drug-likeness (QED) is 0.777. The number of benzene rings is 2. The van der Waals surface area contributed by atoms with Crippen LogP contribution < -0.4 is 10.1 Å². The molecule has 1 heterocycles. The van der Waals surface area contributed by atoms with Crippen molar-refractivity contribution in [3.8, 4) is 16.9 Å². The van der Waals surface area contributed by atoms with Crippen LogP contribution in [0.3, 0.4) is 0 Å². The van der Waals surface area contributed by atoms with Crippen LogP contribution in [0.2, 0.25) is 0 Å². The SMILES string of the molecule is CNC(=O)c1ccc(-c2cc(F)cc(OCc3ccnn3C)c2)cc1. The number of ether oxygens (including phenoxy) is 1. The van der Waals surface area contributed by atoms with Gasteiger partial charge in [-0.05, 0) is 41.5 Å². The summed E-state index contributed by atoms with van der Waals surface area (Å²) in [5.41, 5.74) is 2.93. The molecule has 0 fully saturated rings. The maximum absolute atomic E-state index is 14.0. The molecular formula is C19H18FN3O2. The predicted molar refractivity (Wildman–Crippen MR) is 92.8 cm³/mol. The van der Waals surface area contributed by atoms with Crippen molar-refractivity contribution in [2.24, 2.45) is 7.05 Å². The molecule has 0 saturated heterocycles. The zero-order valence-corrected chi connectivity index (χ0v) is 14.0. The fourth-order valence-corrected chi connectivity index (χ4v) is 2.47. The summed E-state index contributed by atoms with van der Waals surface area (Å²) in [5, 5.41) is 6.64. The van der Waals surface area contributed by atoms with Crippen LogP contribution in [0.5, 0.6) is 5.75 Å². The highest BCUT2D eigenvalue weighted by molar-refractivity contribution is 5.94. The number of carbonyl (C=O) groups excluding carboxylic acids is 1. The Morgan fingerprint density at radius 1 is 1.16 bits per heavy atom. The van der Waals surface area contributed by atoms with Crippen molar-refractivity contribution in [2.45, 2.75) is 6.61 Å². The van der Waals surface area contributed by atoms with Crippen molar-refractivity contribution in [1.29, 1.82) is 0 Å². The van der Waals surface area contributed by atoms with E-state index in [4.69, 9.17) is 4.74 Å². The molecule has 2 aromatic carbocycles. The Morgan fingerprint density at radius 2 is 1.92 bits per heavy atom. The molecule has 0 radical (unpaired) electrons. The summed E-state index contributed by atoms with van der Waals surface area (Å²) >= 11 is 0. The average molecular weight is 339 g/mol. The number of carbonyl (C=O) groups is 1. The van der Waals surface area contributed by atoms with E-state index in [2.05, 4.69) is 10.4 Å². The number of amides is 1. The minimum Gasteiger partial charge on any atom is -0.487 e. The van der Waals surface area contributed by atoms with Gasteiger partial charge in [-0.1, -0.05) is 12.1 Å². The van der Waals surface area contributed by atoms with E-state index in [0.717, 1.165) is 11.3 Å². The summed E-state index contributed by atoms with van der Waals surface area (Å²) in [4.78, 5) is 11.6. The van der Waals surface area contributed by atoms with Crippen molar-refractivity contribution in [3.63, 3.8) is 0 Å². The molecule has 1 amide bonds. The molecule has 0 aliphatic heterocycles. The van der Waals surface area contributed by atoms with Crippen molar-refractivity contribution in [1.82, 2.24) is 15.1 Å². The van der Waals surface area contributed by atoms with Crippen LogP contribution in [-0.4, -0.2) is 22.7 Å². The van der Waals surface area contributed by atoms with Gasteiger partial charge in [0.15, 0.2) is 0 Å². The summed E-state index contributed by atoms with van der Waals surface area (Å²) in [5.74, 6) is -0.106. The molecule has 128 valence electrons. The molecule has 0 atom stereocenters. The van der Waals surface area contributed by atoms with Crippen molar-refractivity contribution >= 4 is 5.91 Å². The molecule has 0 aliphatic rings. The minimum absolute atomic E-state index is 0.161. The normalized spacial score (nSPS) is 10.5. The van der Waals surface area contributed by atoms with E-state index in [9.17, 15) is 9.18 Å². The summed E-state index contributed by atoms with van der Waals surface area (Å²) in [6.07, 6.45) is 1.68. The van der Waals surface area contributed by atoms with Gasteiger partial charge in [-0.15, -0.1) is 0 Å². The predicted octanol–water partition coefficient (Wildman–Crippen LogP) is 3.16. The number of hydrogen-bond donors (Lipinski definition) is 1. The highest BCUT2D eigenvalue weighted by Crippen LogP contribution is 2.26.